The summed E-state index contributed by atoms with van der Waals surface area (Å²) >= 11 is 0. The zero-order valence-corrected chi connectivity index (χ0v) is 10.3. The van der Waals surface area contributed by atoms with Gasteiger partial charge in [0.05, 0.1) is 12.2 Å². The second-order valence-electron chi connectivity index (χ2n) is 3.76. The fraction of sp³-hybridized carbons (Fsp3) is 0.143. The van der Waals surface area contributed by atoms with Gasteiger partial charge in [-0.25, -0.2) is 0 Å². The number of rotatable bonds is 3. The molecule has 0 bridgehead atoms. The number of hydrogen-bond acceptors (Lipinski definition) is 5. The summed E-state index contributed by atoms with van der Waals surface area (Å²) in [5, 5.41) is 18.5. The zero-order valence-electron chi connectivity index (χ0n) is 10.3. The minimum absolute atomic E-state index is 0.0705. The van der Waals surface area contributed by atoms with Gasteiger partial charge in [-0.3, -0.25) is 0 Å². The van der Waals surface area contributed by atoms with Gasteiger partial charge < -0.3 is 10.5 Å². The lowest BCUT2D eigenvalue weighted by molar-refractivity contribution is 0.326. The second kappa shape index (κ2) is 5.58. The molecule has 1 saturated carbocycles. The third-order valence-electron chi connectivity index (χ3n) is 2.65. The second-order valence-corrected chi connectivity index (χ2v) is 3.76. The molecule has 93 valence electrons. The lowest BCUT2D eigenvalue weighted by Gasteiger charge is -2.16. The molecule has 5 nitrogen and oxygen atoms in total. The summed E-state index contributed by atoms with van der Waals surface area (Å²) in [5.41, 5.74) is 6.68. The van der Waals surface area contributed by atoms with E-state index in [2.05, 4.69) is 4.98 Å². The molecule has 0 spiro atoms. The Labute approximate surface area is 112 Å². The molecule has 1 fully saturated rings. The number of nitrogens with two attached hydrogens (primary N) is 1. The number of aromatic nitrogens is 1. The Morgan fingerprint density at radius 3 is 2.37 bits per heavy atom. The molecule has 2 rings (SSSR count). The van der Waals surface area contributed by atoms with E-state index in [9.17, 15) is 10.5 Å². The van der Waals surface area contributed by atoms with Crippen LogP contribution >= 0.6 is 0 Å². The summed E-state index contributed by atoms with van der Waals surface area (Å²) in [5.74, 6) is 0.988. The van der Waals surface area contributed by atoms with E-state index in [1.165, 1.54) is 0 Å². The van der Waals surface area contributed by atoms with Crippen molar-refractivity contribution >= 4 is 5.82 Å². The van der Waals surface area contributed by atoms with Crippen LogP contribution in [0.1, 0.15) is 23.6 Å². The first-order valence-corrected chi connectivity index (χ1v) is 5.71. The average Bonchev–Trinajstić information content (AvgIpc) is 2.92. The van der Waals surface area contributed by atoms with E-state index in [0.29, 0.717) is 12.2 Å². The zero-order chi connectivity index (χ0) is 13.8. The lowest BCUT2D eigenvalue weighted by atomic mass is 9.90. The Morgan fingerprint density at radius 2 is 1.84 bits per heavy atom. The van der Waals surface area contributed by atoms with E-state index in [-0.39, 0.29) is 22.8 Å². The van der Waals surface area contributed by atoms with E-state index in [4.69, 9.17) is 10.5 Å². The van der Waals surface area contributed by atoms with Crippen LogP contribution in [0.25, 0.3) is 0 Å². The van der Waals surface area contributed by atoms with Crippen molar-refractivity contribution in [3.8, 4) is 18.0 Å². The van der Waals surface area contributed by atoms with E-state index >= 15 is 0 Å². The fourth-order valence-corrected chi connectivity index (χ4v) is 1.87. The van der Waals surface area contributed by atoms with Gasteiger partial charge in [-0.1, -0.05) is 0 Å². The van der Waals surface area contributed by atoms with Gasteiger partial charge in [0.15, 0.2) is 0 Å². The average molecular weight is 251 g/mol. The van der Waals surface area contributed by atoms with Crippen molar-refractivity contribution in [1.82, 2.24) is 4.98 Å². The first-order valence-electron chi connectivity index (χ1n) is 5.71. The molecular formula is C14H11N4O. The number of nitrogens with zero attached hydrogens (tertiary/aromatic N) is 3. The molecule has 1 aliphatic rings. The smallest absolute Gasteiger partial charge is 0.234 e. The molecule has 0 aromatic carbocycles. The molecular weight excluding hydrogens is 240 g/mol. The Morgan fingerprint density at radius 1 is 1.21 bits per heavy atom. The van der Waals surface area contributed by atoms with Crippen LogP contribution in [0, 0.1) is 54.3 Å². The van der Waals surface area contributed by atoms with Gasteiger partial charge in [-0.05, 0) is 32.6 Å². The first-order chi connectivity index (χ1) is 9.22. The van der Waals surface area contributed by atoms with Crippen molar-refractivity contribution in [3.63, 3.8) is 0 Å². The van der Waals surface area contributed by atoms with Crippen LogP contribution in [0.4, 0.5) is 5.82 Å². The summed E-state index contributed by atoms with van der Waals surface area (Å²) in [6, 6.07) is 4.05. The van der Waals surface area contributed by atoms with E-state index in [1.807, 2.05) is 37.8 Å². The normalized spacial score (nSPS) is 14.9. The Hall–Kier alpha value is -2.27. The van der Waals surface area contributed by atoms with E-state index in [0.717, 1.165) is 5.92 Å². The number of nitriles is 2. The maximum atomic E-state index is 9.32. The van der Waals surface area contributed by atoms with Gasteiger partial charge in [0.2, 0.25) is 5.88 Å². The Kier molecular flexibility index (Phi) is 3.87. The Bertz CT molecular complexity index is 562. The number of pyridine rings is 1. The third-order valence-corrected chi connectivity index (χ3v) is 2.65. The molecule has 2 N–H and O–H groups in total. The minimum atomic E-state index is 0.0705. The van der Waals surface area contributed by atoms with Crippen molar-refractivity contribution in [3.05, 3.63) is 48.3 Å². The van der Waals surface area contributed by atoms with Crippen molar-refractivity contribution < 1.29 is 4.74 Å². The highest BCUT2D eigenvalue weighted by Gasteiger charge is 2.29. The number of hydrogen-bond donors (Lipinski definition) is 1. The molecule has 1 aromatic rings. The minimum Gasteiger partial charge on any atom is -0.477 e. The summed E-state index contributed by atoms with van der Waals surface area (Å²) in [4.78, 5) is 3.99. The SMILES string of the molecule is CCOc1nc(N)c(C#N)c([C]2[CH][CH][CH][CH]2)c1C#N. The molecule has 0 amide bonds. The number of ether oxygens (including phenoxy) is 1. The molecule has 0 atom stereocenters. The molecule has 0 saturated heterocycles. The number of anilines is 1. The van der Waals surface area contributed by atoms with Gasteiger partial charge >= 0.3 is 0 Å². The van der Waals surface area contributed by atoms with Crippen LogP contribution < -0.4 is 10.5 Å². The lowest BCUT2D eigenvalue weighted by Crippen LogP contribution is -2.10. The summed E-state index contributed by atoms with van der Waals surface area (Å²) in [6.07, 6.45) is 7.28. The molecule has 0 aliphatic heterocycles. The third kappa shape index (κ3) is 2.32. The van der Waals surface area contributed by atoms with E-state index < -0.39 is 0 Å². The monoisotopic (exact) mass is 251 g/mol. The summed E-state index contributed by atoms with van der Waals surface area (Å²) in [7, 11) is 0. The van der Waals surface area contributed by atoms with Crippen molar-refractivity contribution in [2.45, 2.75) is 6.92 Å². The predicted molar refractivity (Wildman–Crippen MR) is 68.8 cm³/mol. The summed E-state index contributed by atoms with van der Waals surface area (Å²) < 4.78 is 5.32. The first kappa shape index (κ1) is 13.2. The Balaban J connectivity index is 2.65. The molecule has 1 aromatic heterocycles. The van der Waals surface area contributed by atoms with Crippen LogP contribution in [-0.4, -0.2) is 11.6 Å². The van der Waals surface area contributed by atoms with Crippen molar-refractivity contribution in [2.24, 2.45) is 0 Å². The standard InChI is InChI=1S/C14H11N4O/c1-2-19-14-11(8-16)12(9-5-3-4-6-9)10(7-15)13(17)18-14/h3-6H,2H2,1H3,(H2,17,18). The van der Waals surface area contributed by atoms with Gasteiger partial charge in [0.25, 0.3) is 0 Å². The predicted octanol–water partition coefficient (Wildman–Crippen LogP) is 1.56. The largest absolute Gasteiger partial charge is 0.477 e. The highest BCUT2D eigenvalue weighted by atomic mass is 16.5. The van der Waals surface area contributed by atoms with Crippen molar-refractivity contribution in [2.75, 3.05) is 12.3 Å². The van der Waals surface area contributed by atoms with Gasteiger partial charge in [-0.2, -0.15) is 15.5 Å². The topological polar surface area (TPSA) is 95.7 Å². The van der Waals surface area contributed by atoms with Crippen LogP contribution in [0.5, 0.6) is 5.88 Å². The molecule has 0 unspecified atom stereocenters. The van der Waals surface area contributed by atoms with Crippen LogP contribution in [0.3, 0.4) is 0 Å². The van der Waals surface area contributed by atoms with Gasteiger partial charge in [0.1, 0.15) is 23.5 Å². The van der Waals surface area contributed by atoms with E-state index in [1.54, 1.807) is 6.92 Å². The summed E-state index contributed by atoms with van der Waals surface area (Å²) in [6.45, 7) is 2.16. The van der Waals surface area contributed by atoms with Gasteiger partial charge in [0, 0.05) is 11.5 Å². The number of nitrogen functional groups attached to an aromatic ring is 1. The molecule has 5 heteroatoms. The van der Waals surface area contributed by atoms with Gasteiger partial charge in [-0.15, -0.1) is 0 Å². The molecule has 19 heavy (non-hydrogen) atoms. The maximum absolute atomic E-state index is 9.32. The highest BCUT2D eigenvalue weighted by Crippen LogP contribution is 2.38. The maximum Gasteiger partial charge on any atom is 0.234 e. The molecule has 1 aliphatic carbocycles. The van der Waals surface area contributed by atoms with Crippen molar-refractivity contribution in [1.29, 1.82) is 10.5 Å². The molecule has 5 radical (unpaired) electrons. The van der Waals surface area contributed by atoms with Crippen LogP contribution in [-0.2, 0) is 0 Å². The highest BCUT2D eigenvalue weighted by molar-refractivity contribution is 5.70. The molecule has 1 heterocycles. The fourth-order valence-electron chi connectivity index (χ4n) is 1.87. The quantitative estimate of drug-likeness (QED) is 0.879. The van der Waals surface area contributed by atoms with Crippen LogP contribution in [0.2, 0.25) is 0 Å². The van der Waals surface area contributed by atoms with Crippen LogP contribution in [0.15, 0.2) is 0 Å².